The number of nitrogens with zero attached hydrogens (tertiary/aromatic N) is 4. The van der Waals surface area contributed by atoms with Crippen LogP contribution in [-0.2, 0) is 26.1 Å². The van der Waals surface area contributed by atoms with Crippen molar-refractivity contribution in [3.05, 3.63) is 59.5 Å². The Kier molecular flexibility index (Phi) is 8.35. The third kappa shape index (κ3) is 5.99. The van der Waals surface area contributed by atoms with E-state index < -0.39 is 16.1 Å². The van der Waals surface area contributed by atoms with Crippen molar-refractivity contribution in [1.82, 2.24) is 14.8 Å². The van der Waals surface area contributed by atoms with E-state index in [1.165, 1.54) is 22.3 Å². The van der Waals surface area contributed by atoms with E-state index >= 15 is 0 Å². The van der Waals surface area contributed by atoms with E-state index in [1.54, 1.807) is 25.3 Å². The summed E-state index contributed by atoms with van der Waals surface area (Å²) in [5, 5.41) is 4.29. The fourth-order valence-electron chi connectivity index (χ4n) is 4.03. The number of methoxy groups -OCH3 is 1. The lowest BCUT2D eigenvalue weighted by atomic mass is 10.1. The molecular formula is C27H32N4O6S. The Morgan fingerprint density at radius 3 is 2.71 bits per heavy atom. The molecule has 202 valence electrons. The maximum Gasteiger partial charge on any atom is 0.305 e. The predicted molar refractivity (Wildman–Crippen MR) is 144 cm³/mol. The van der Waals surface area contributed by atoms with E-state index in [-0.39, 0.29) is 36.3 Å². The maximum atomic E-state index is 14.1. The summed E-state index contributed by atoms with van der Waals surface area (Å²) in [7, 11) is -2.77. The lowest BCUT2D eigenvalue weighted by molar-refractivity contribution is -0.141. The van der Waals surface area contributed by atoms with Gasteiger partial charge in [0.05, 0.1) is 31.6 Å². The number of carbonyl (C=O) groups is 1. The van der Waals surface area contributed by atoms with E-state index in [0.717, 1.165) is 16.8 Å². The number of anilines is 1. The van der Waals surface area contributed by atoms with Crippen molar-refractivity contribution in [2.75, 3.05) is 24.6 Å². The Morgan fingerprint density at radius 1 is 1.21 bits per heavy atom. The molecule has 3 aromatic rings. The van der Waals surface area contributed by atoms with Gasteiger partial charge in [-0.2, -0.15) is 0 Å². The van der Waals surface area contributed by atoms with Crippen LogP contribution in [0.15, 0.2) is 47.6 Å². The predicted octanol–water partition coefficient (Wildman–Crippen LogP) is 4.09. The second-order valence-electron chi connectivity index (χ2n) is 8.80. The fourth-order valence-corrected chi connectivity index (χ4v) is 5.61. The van der Waals surface area contributed by atoms with Crippen molar-refractivity contribution >= 4 is 33.8 Å². The molecule has 0 radical (unpaired) electrons. The van der Waals surface area contributed by atoms with Gasteiger partial charge in [-0.25, -0.2) is 8.42 Å². The van der Waals surface area contributed by atoms with Crippen molar-refractivity contribution in [1.29, 1.82) is 0 Å². The van der Waals surface area contributed by atoms with Gasteiger partial charge in [0.1, 0.15) is 11.9 Å². The Labute approximate surface area is 222 Å². The Hall–Kier alpha value is -3.86. The summed E-state index contributed by atoms with van der Waals surface area (Å²) in [6, 6.07) is 9.24. The first-order valence-electron chi connectivity index (χ1n) is 12.5. The molecule has 3 heterocycles. The van der Waals surface area contributed by atoms with Gasteiger partial charge >= 0.3 is 5.97 Å². The Morgan fingerprint density at radius 2 is 2.03 bits per heavy atom. The van der Waals surface area contributed by atoms with Crippen molar-refractivity contribution in [2.24, 2.45) is 0 Å². The van der Waals surface area contributed by atoms with Crippen LogP contribution in [0.1, 0.15) is 43.5 Å². The molecule has 0 N–H and O–H groups in total. The second kappa shape index (κ2) is 11.7. The first-order chi connectivity index (χ1) is 18.2. The van der Waals surface area contributed by atoms with Gasteiger partial charge in [-0.1, -0.05) is 18.2 Å². The average molecular weight is 541 g/mol. The zero-order chi connectivity index (χ0) is 27.3. The van der Waals surface area contributed by atoms with Gasteiger partial charge in [0.15, 0.2) is 4.90 Å². The number of hydrogen-bond acceptors (Lipinski definition) is 8. The number of aromatic nitrogens is 3. The smallest absolute Gasteiger partial charge is 0.305 e. The summed E-state index contributed by atoms with van der Waals surface area (Å²) in [5.74, 6) is 0.0676. The lowest BCUT2D eigenvalue weighted by Crippen LogP contribution is -2.43. The molecule has 0 saturated carbocycles. The average Bonchev–Trinajstić information content (AvgIpc) is 3.35. The molecular weight excluding hydrogens is 508 g/mol. The minimum Gasteiger partial charge on any atom is -0.486 e. The minimum atomic E-state index is -4.09. The van der Waals surface area contributed by atoms with Gasteiger partial charge in [-0.3, -0.25) is 18.8 Å². The molecule has 0 unspecified atom stereocenters. The second-order valence-corrected chi connectivity index (χ2v) is 10.6. The number of benzene rings is 1. The van der Waals surface area contributed by atoms with E-state index in [4.69, 9.17) is 14.2 Å². The lowest BCUT2D eigenvalue weighted by Gasteiger charge is -2.35. The molecule has 1 aliphatic heterocycles. The molecule has 10 nitrogen and oxygen atoms in total. The number of ether oxygens (including phenoxy) is 3. The highest BCUT2D eigenvalue weighted by atomic mass is 32.2. The van der Waals surface area contributed by atoms with Crippen molar-refractivity contribution < 1.29 is 27.4 Å². The molecule has 4 rings (SSSR count). The number of hydrogen-bond donors (Lipinski definition) is 0. The van der Waals surface area contributed by atoms with Crippen molar-refractivity contribution in [3.8, 4) is 11.6 Å². The molecule has 0 saturated heterocycles. The molecule has 1 aliphatic rings. The largest absolute Gasteiger partial charge is 0.486 e. The molecule has 2 aromatic heterocycles. The molecule has 11 heteroatoms. The van der Waals surface area contributed by atoms with Gasteiger partial charge < -0.3 is 14.2 Å². The summed E-state index contributed by atoms with van der Waals surface area (Å²) in [6.07, 6.45) is 6.85. The fraction of sp³-hybridized carbons (Fsp3) is 0.370. The third-order valence-electron chi connectivity index (χ3n) is 6.06. The third-order valence-corrected chi connectivity index (χ3v) is 7.82. The molecule has 0 spiro atoms. The number of fused-ring (bicyclic) bond motifs is 1. The van der Waals surface area contributed by atoms with E-state index in [1.807, 2.05) is 44.2 Å². The highest BCUT2D eigenvalue weighted by Crippen LogP contribution is 2.40. The highest BCUT2D eigenvalue weighted by Gasteiger charge is 2.37. The van der Waals surface area contributed by atoms with Crippen LogP contribution in [0, 0.1) is 6.92 Å². The van der Waals surface area contributed by atoms with Gasteiger partial charge in [0.2, 0.25) is 0 Å². The molecule has 0 aliphatic carbocycles. The van der Waals surface area contributed by atoms with E-state index in [0.29, 0.717) is 24.4 Å². The van der Waals surface area contributed by atoms with Crippen LogP contribution in [0.2, 0.25) is 0 Å². The van der Waals surface area contributed by atoms with Crippen molar-refractivity contribution in [2.45, 2.75) is 51.2 Å². The summed E-state index contributed by atoms with van der Waals surface area (Å²) in [6.45, 7) is 6.38. The SMILES string of the molecule is CCOc1nn(CC)cc1S(=O)(=O)N1C[C@H](CCC(=O)OC)Oc2ccc(/C=C/c3ccc(C)cn3)cc21. The van der Waals surface area contributed by atoms with Gasteiger partial charge in [0.25, 0.3) is 15.9 Å². The van der Waals surface area contributed by atoms with Crippen LogP contribution in [0.4, 0.5) is 5.69 Å². The number of rotatable bonds is 10. The molecule has 0 fully saturated rings. The van der Waals surface area contributed by atoms with Crippen LogP contribution in [0.25, 0.3) is 12.2 Å². The first-order valence-corrected chi connectivity index (χ1v) is 13.9. The number of sulfonamides is 1. The van der Waals surface area contributed by atoms with Gasteiger partial charge in [0, 0.05) is 25.4 Å². The summed E-state index contributed by atoms with van der Waals surface area (Å²) in [5.41, 5.74) is 3.01. The standard InChI is InChI=1S/C27H32N4O6S/c1-5-30-18-25(27(29-30)36-6-2)38(33,34)31-17-22(12-14-26(32)35-4)37-24-13-9-20(15-23(24)31)8-11-21-10-7-19(3)16-28-21/h7-11,13,15-16,18,22H,5-6,12,14,17H2,1-4H3/b11-8+/t22-/m0/s1. The zero-order valence-electron chi connectivity index (χ0n) is 22.0. The monoisotopic (exact) mass is 540 g/mol. The quantitative estimate of drug-likeness (QED) is 0.354. The molecule has 1 aromatic carbocycles. The van der Waals surface area contributed by atoms with Crippen LogP contribution >= 0.6 is 0 Å². The highest BCUT2D eigenvalue weighted by molar-refractivity contribution is 7.93. The minimum absolute atomic E-state index is 0.0158. The number of esters is 1. The van der Waals surface area contributed by atoms with E-state index in [2.05, 4.69) is 10.1 Å². The molecule has 38 heavy (non-hydrogen) atoms. The molecule has 1 atom stereocenters. The topological polar surface area (TPSA) is 113 Å². The zero-order valence-corrected chi connectivity index (χ0v) is 22.8. The van der Waals surface area contributed by atoms with Crippen LogP contribution in [-0.4, -0.2) is 55.5 Å². The maximum absolute atomic E-state index is 14.1. The molecule has 0 amide bonds. The number of carbonyl (C=O) groups excluding carboxylic acids is 1. The van der Waals surface area contributed by atoms with Gasteiger partial charge in [-0.05, 0) is 62.6 Å². The molecule has 0 bridgehead atoms. The van der Waals surface area contributed by atoms with Crippen LogP contribution in [0.5, 0.6) is 11.6 Å². The van der Waals surface area contributed by atoms with Crippen LogP contribution in [0.3, 0.4) is 0 Å². The van der Waals surface area contributed by atoms with Gasteiger partial charge in [-0.15, -0.1) is 5.10 Å². The number of aryl methyl sites for hydroxylation is 2. The summed E-state index contributed by atoms with van der Waals surface area (Å²) in [4.78, 5) is 16.1. The first kappa shape index (κ1) is 27.2. The Balaban J connectivity index is 1.73. The van der Waals surface area contributed by atoms with Crippen molar-refractivity contribution in [3.63, 3.8) is 0 Å². The Bertz CT molecular complexity index is 1420. The number of pyridine rings is 1. The normalized spacial score (nSPS) is 15.3. The van der Waals surface area contributed by atoms with Crippen LogP contribution < -0.4 is 13.8 Å². The summed E-state index contributed by atoms with van der Waals surface area (Å²) >= 11 is 0. The van der Waals surface area contributed by atoms with E-state index in [9.17, 15) is 13.2 Å². The summed E-state index contributed by atoms with van der Waals surface area (Å²) < 4.78 is 47.4.